The van der Waals surface area contributed by atoms with Gasteiger partial charge < -0.3 is 0 Å². The van der Waals surface area contributed by atoms with Crippen LogP contribution in [-0.2, 0) is 0 Å². The van der Waals surface area contributed by atoms with Crippen LogP contribution in [0, 0.1) is 0 Å². The molecule has 0 heterocycles. The standard InChI is InChI=1S/C2H2F2.C2H4.FH/c1-2(3)4;1-2;/h1H2;1-2H2;1H. The van der Waals surface area contributed by atoms with Crippen molar-refractivity contribution in [1.29, 1.82) is 0 Å². The van der Waals surface area contributed by atoms with Gasteiger partial charge in [-0.25, -0.2) is 0 Å². The summed E-state index contributed by atoms with van der Waals surface area (Å²) in [4.78, 5) is 0. The summed E-state index contributed by atoms with van der Waals surface area (Å²) in [6.07, 6.45) is -1.83. The fraction of sp³-hybridized carbons (Fsp3) is 0. The van der Waals surface area contributed by atoms with E-state index in [1.807, 2.05) is 0 Å². The van der Waals surface area contributed by atoms with E-state index in [1.165, 1.54) is 0 Å². The Kier molecular flexibility index (Phi) is 43.4. The summed E-state index contributed by atoms with van der Waals surface area (Å²) in [7, 11) is 0. The minimum Gasteiger partial charge on any atom is -0.269 e. The highest BCUT2D eigenvalue weighted by Crippen LogP contribution is 1.85. The first-order valence-corrected chi connectivity index (χ1v) is 1.23. The van der Waals surface area contributed by atoms with E-state index in [0.29, 0.717) is 0 Å². The Bertz CT molecular complexity index is 38.2. The van der Waals surface area contributed by atoms with Crippen molar-refractivity contribution in [2.45, 2.75) is 0 Å². The van der Waals surface area contributed by atoms with Gasteiger partial charge in [0.1, 0.15) is 0 Å². The Morgan fingerprint density at radius 1 is 1.14 bits per heavy atom. The molecule has 0 fully saturated rings. The summed E-state index contributed by atoms with van der Waals surface area (Å²) < 4.78 is 20.3. The fourth-order valence-electron chi connectivity index (χ4n) is 0. The summed E-state index contributed by atoms with van der Waals surface area (Å²) in [5.74, 6) is 0. The molecule has 0 aliphatic heterocycles. The topological polar surface area (TPSA) is 0 Å². The lowest BCUT2D eigenvalue weighted by molar-refractivity contribution is 0.426. The van der Waals surface area contributed by atoms with Gasteiger partial charge in [0.25, 0.3) is 6.08 Å². The van der Waals surface area contributed by atoms with Gasteiger partial charge in [-0.05, 0) is 6.58 Å². The van der Waals surface area contributed by atoms with Gasteiger partial charge >= 0.3 is 0 Å². The first kappa shape index (κ1) is 16.3. The highest BCUT2D eigenvalue weighted by molar-refractivity contribution is 4.57. The zero-order chi connectivity index (χ0) is 5.58. The molecule has 0 saturated heterocycles. The van der Waals surface area contributed by atoms with E-state index in [2.05, 4.69) is 19.7 Å². The number of halogens is 3. The summed E-state index contributed by atoms with van der Waals surface area (Å²) in [5.41, 5.74) is 0. The van der Waals surface area contributed by atoms with Gasteiger partial charge in [0.2, 0.25) is 0 Å². The first-order valence-electron chi connectivity index (χ1n) is 1.23. The third-order valence-electron chi connectivity index (χ3n) is 0. The maximum atomic E-state index is 10.1. The third-order valence-corrected chi connectivity index (χ3v) is 0. The lowest BCUT2D eigenvalue weighted by Gasteiger charge is -1.54. The van der Waals surface area contributed by atoms with Gasteiger partial charge in [0, 0.05) is 0 Å². The van der Waals surface area contributed by atoms with E-state index in [9.17, 15) is 8.78 Å². The Morgan fingerprint density at radius 3 is 1.14 bits per heavy atom. The zero-order valence-corrected chi connectivity index (χ0v) is 3.79. The lowest BCUT2D eigenvalue weighted by atomic mass is 11.2. The van der Waals surface area contributed by atoms with Gasteiger partial charge in [0.15, 0.2) is 0 Å². The van der Waals surface area contributed by atoms with Crippen LogP contribution in [0.4, 0.5) is 13.5 Å². The minimum atomic E-state index is -1.83. The predicted molar refractivity (Wildman–Crippen MR) is 25.1 cm³/mol. The number of rotatable bonds is 0. The van der Waals surface area contributed by atoms with Crippen molar-refractivity contribution in [3.8, 4) is 0 Å². The van der Waals surface area contributed by atoms with E-state index in [1.54, 1.807) is 0 Å². The van der Waals surface area contributed by atoms with Crippen LogP contribution in [0.2, 0.25) is 0 Å². The molecule has 44 valence electrons. The van der Waals surface area contributed by atoms with E-state index in [0.717, 1.165) is 0 Å². The molecule has 0 saturated carbocycles. The van der Waals surface area contributed by atoms with Gasteiger partial charge in [-0.1, -0.05) is 0 Å². The van der Waals surface area contributed by atoms with Gasteiger partial charge in [-0.15, -0.1) is 13.2 Å². The second kappa shape index (κ2) is 18.6. The number of hydrogen-bond donors (Lipinski definition) is 0. The van der Waals surface area contributed by atoms with Crippen LogP contribution in [0.25, 0.3) is 0 Å². The van der Waals surface area contributed by atoms with E-state index < -0.39 is 6.08 Å². The largest absolute Gasteiger partial charge is 0.269 e. The van der Waals surface area contributed by atoms with Crippen molar-refractivity contribution in [3.05, 3.63) is 25.8 Å². The van der Waals surface area contributed by atoms with Crippen molar-refractivity contribution in [3.63, 3.8) is 0 Å². The van der Waals surface area contributed by atoms with Crippen LogP contribution in [-0.4, -0.2) is 0 Å². The Labute approximate surface area is 40.5 Å². The van der Waals surface area contributed by atoms with Crippen LogP contribution in [0.3, 0.4) is 0 Å². The molecule has 0 aliphatic rings. The molecular weight excluding hydrogens is 105 g/mol. The maximum absolute atomic E-state index is 10.1. The van der Waals surface area contributed by atoms with Gasteiger partial charge in [-0.2, -0.15) is 8.78 Å². The van der Waals surface area contributed by atoms with Gasteiger partial charge in [0.05, 0.1) is 0 Å². The molecule has 0 unspecified atom stereocenters. The van der Waals surface area contributed by atoms with Crippen molar-refractivity contribution < 1.29 is 13.5 Å². The summed E-state index contributed by atoms with van der Waals surface area (Å²) in [6.45, 7) is 8.22. The third kappa shape index (κ3) is 106. The predicted octanol–water partition coefficient (Wildman–Crippen LogP) is 2.35. The normalized spacial score (nSPS) is 4.29. The molecule has 0 rings (SSSR count). The molecule has 0 radical (unpaired) electrons. The smallest absolute Gasteiger partial charge is 0.263 e. The molecule has 7 heavy (non-hydrogen) atoms. The molecule has 0 aliphatic carbocycles. The Hall–Kier alpha value is -0.730. The van der Waals surface area contributed by atoms with E-state index in [-0.39, 0.29) is 4.70 Å². The summed E-state index contributed by atoms with van der Waals surface area (Å²) in [5, 5.41) is 0. The van der Waals surface area contributed by atoms with Crippen LogP contribution in [0.1, 0.15) is 0 Å². The van der Waals surface area contributed by atoms with Crippen LogP contribution >= 0.6 is 0 Å². The highest BCUT2D eigenvalue weighted by Gasteiger charge is 1.65. The Balaban J connectivity index is -0.0000000480. The second-order valence-corrected chi connectivity index (χ2v) is 0.339. The second-order valence-electron chi connectivity index (χ2n) is 0.339. The van der Waals surface area contributed by atoms with Crippen molar-refractivity contribution >= 4 is 0 Å². The van der Waals surface area contributed by atoms with E-state index >= 15 is 0 Å². The van der Waals surface area contributed by atoms with Crippen molar-refractivity contribution in [2.75, 3.05) is 0 Å². The first-order chi connectivity index (χ1) is 2.73. The Morgan fingerprint density at radius 2 is 1.14 bits per heavy atom. The molecule has 0 spiro atoms. The maximum Gasteiger partial charge on any atom is 0.263 e. The highest BCUT2D eigenvalue weighted by atomic mass is 19.3. The molecule has 3 heteroatoms. The molecule has 0 aromatic heterocycles. The fourth-order valence-corrected chi connectivity index (χ4v) is 0. The molecule has 0 aromatic carbocycles. The molecule has 0 N–H and O–H groups in total. The number of hydrogen-bond acceptors (Lipinski definition) is 0. The average molecular weight is 112 g/mol. The van der Waals surface area contributed by atoms with Crippen LogP contribution in [0.5, 0.6) is 0 Å². The summed E-state index contributed by atoms with van der Waals surface area (Å²) in [6, 6.07) is 0. The molecule has 0 nitrogen and oxygen atoms in total. The average Bonchev–Trinajstić information content (AvgIpc) is 1.41. The van der Waals surface area contributed by atoms with Crippen LogP contribution < -0.4 is 0 Å². The van der Waals surface area contributed by atoms with Gasteiger partial charge in [-0.3, -0.25) is 4.70 Å². The molecule has 0 atom stereocenters. The molecule has 0 aromatic rings. The molecule has 0 bridgehead atoms. The summed E-state index contributed by atoms with van der Waals surface area (Å²) >= 11 is 0. The SMILES string of the molecule is C=C.C=C(F)F.F. The van der Waals surface area contributed by atoms with Crippen LogP contribution in [0.15, 0.2) is 25.8 Å². The minimum absolute atomic E-state index is 0. The zero-order valence-electron chi connectivity index (χ0n) is 3.79. The van der Waals surface area contributed by atoms with Crippen molar-refractivity contribution in [2.24, 2.45) is 0 Å². The molecular formula is C4H7F3. The van der Waals surface area contributed by atoms with Crippen molar-refractivity contribution in [1.82, 2.24) is 0 Å². The molecule has 0 amide bonds. The monoisotopic (exact) mass is 112 g/mol. The lowest BCUT2D eigenvalue weighted by Crippen LogP contribution is -1.33. The van der Waals surface area contributed by atoms with E-state index in [4.69, 9.17) is 0 Å². The quantitative estimate of drug-likeness (QED) is 0.422.